The van der Waals surface area contributed by atoms with Crippen LogP contribution in [0.3, 0.4) is 0 Å². The van der Waals surface area contributed by atoms with Gasteiger partial charge in [0.15, 0.2) is 5.78 Å². The minimum absolute atomic E-state index is 0.213. The average Bonchev–Trinajstić information content (AvgIpc) is 2.59. The summed E-state index contributed by atoms with van der Waals surface area (Å²) in [6.45, 7) is 1.25. The number of nitrogens with two attached hydrogens (primary N) is 1. The summed E-state index contributed by atoms with van der Waals surface area (Å²) in [5.74, 6) is -2.43. The summed E-state index contributed by atoms with van der Waals surface area (Å²) in [6, 6.07) is -3.64. The first kappa shape index (κ1) is 7.49. The molecule has 0 amide bonds. The van der Waals surface area contributed by atoms with E-state index in [1.807, 2.05) is 0 Å². The van der Waals surface area contributed by atoms with Gasteiger partial charge in [-0.3, -0.25) is 19.0 Å². The lowest BCUT2D eigenvalue weighted by molar-refractivity contribution is -0.132. The molecular formula is C15H15N3O3. The standard InChI is InChI=1S/C15H15N3O3/c1-8-17-11-4-2-3-10(16)14(11)15(21)18(8)12-6-5-9(19)7-13(12)20/h2-4,12H,5-7,16H2,1H3/i2D,3D,4D,5D2,6D2. The van der Waals surface area contributed by atoms with Gasteiger partial charge in [-0.1, -0.05) is 6.04 Å². The Morgan fingerprint density at radius 3 is 2.95 bits per heavy atom. The number of anilines is 1. The van der Waals surface area contributed by atoms with Crippen LogP contribution in [0.1, 0.15) is 40.6 Å². The van der Waals surface area contributed by atoms with Crippen molar-refractivity contribution in [2.75, 3.05) is 5.73 Å². The SMILES string of the molecule is [2H]c1c([2H])c(N)c2c(=O)n(C3C(=O)CC(=O)C([2H])([2H])C3([2H])[2H])c(C)nc2c1[2H]. The number of nitrogen functional groups attached to an aromatic ring is 1. The molecule has 1 aromatic heterocycles. The first-order valence-electron chi connectivity index (χ1n) is 9.59. The summed E-state index contributed by atoms with van der Waals surface area (Å²) < 4.78 is 55.8. The Hall–Kier alpha value is -2.50. The molecule has 1 saturated carbocycles. The van der Waals surface area contributed by atoms with Crippen molar-refractivity contribution in [1.82, 2.24) is 9.55 Å². The molecule has 0 bridgehead atoms. The van der Waals surface area contributed by atoms with E-state index in [1.165, 1.54) is 6.92 Å². The molecule has 1 aromatic carbocycles. The molecule has 21 heavy (non-hydrogen) atoms. The fraction of sp³-hybridized carbons (Fsp3) is 0.333. The maximum atomic E-state index is 13.1. The predicted molar refractivity (Wildman–Crippen MR) is 78.1 cm³/mol. The average molecular weight is 292 g/mol. The smallest absolute Gasteiger partial charge is 0.264 e. The van der Waals surface area contributed by atoms with E-state index < -0.39 is 71.5 Å². The van der Waals surface area contributed by atoms with Crippen molar-refractivity contribution in [3.8, 4) is 0 Å². The summed E-state index contributed by atoms with van der Waals surface area (Å²) in [5, 5.41) is -0.433. The zero-order valence-electron chi connectivity index (χ0n) is 18.0. The third-order valence-electron chi connectivity index (χ3n) is 3.19. The van der Waals surface area contributed by atoms with E-state index in [2.05, 4.69) is 4.98 Å². The van der Waals surface area contributed by atoms with Crippen molar-refractivity contribution in [2.45, 2.75) is 32.1 Å². The number of hydrogen-bond acceptors (Lipinski definition) is 5. The highest BCUT2D eigenvalue weighted by molar-refractivity contribution is 6.03. The van der Waals surface area contributed by atoms with Gasteiger partial charge in [-0.25, -0.2) is 4.98 Å². The van der Waals surface area contributed by atoms with Crippen molar-refractivity contribution in [3.05, 3.63) is 34.3 Å². The second kappa shape index (κ2) is 4.80. The monoisotopic (exact) mass is 292 g/mol. The van der Waals surface area contributed by atoms with Gasteiger partial charge in [-0.2, -0.15) is 0 Å². The van der Waals surface area contributed by atoms with Gasteiger partial charge in [0.25, 0.3) is 5.56 Å². The van der Waals surface area contributed by atoms with E-state index in [1.54, 1.807) is 0 Å². The molecule has 0 radical (unpaired) electrons. The Bertz CT molecular complexity index is 1130. The Morgan fingerprint density at radius 2 is 2.19 bits per heavy atom. The van der Waals surface area contributed by atoms with E-state index in [9.17, 15) is 14.4 Å². The van der Waals surface area contributed by atoms with Gasteiger partial charge < -0.3 is 5.73 Å². The fourth-order valence-corrected chi connectivity index (χ4v) is 2.23. The normalized spacial score (nSPS) is 28.8. The predicted octanol–water partition coefficient (Wildman–Crippen LogP) is 1.15. The van der Waals surface area contributed by atoms with Gasteiger partial charge in [-0.05, 0) is 25.4 Å². The third-order valence-corrected chi connectivity index (χ3v) is 3.19. The molecule has 1 aliphatic rings. The molecule has 1 unspecified atom stereocenters. The number of hydrogen-bond donors (Lipinski definition) is 1. The molecule has 0 spiro atoms. The summed E-state index contributed by atoms with van der Waals surface area (Å²) in [5.41, 5.74) is 3.99. The molecule has 1 aliphatic carbocycles. The van der Waals surface area contributed by atoms with Gasteiger partial charge in [0.2, 0.25) is 0 Å². The van der Waals surface area contributed by atoms with E-state index >= 15 is 0 Å². The molecule has 1 atom stereocenters. The van der Waals surface area contributed by atoms with E-state index in [4.69, 9.17) is 15.3 Å². The largest absolute Gasteiger partial charge is 0.398 e. The Kier molecular flexibility index (Phi) is 1.71. The molecular weight excluding hydrogens is 270 g/mol. The third kappa shape index (κ3) is 2.12. The van der Waals surface area contributed by atoms with E-state index in [0.29, 0.717) is 4.57 Å². The minimum atomic E-state index is -3.05. The highest BCUT2D eigenvalue weighted by atomic mass is 16.2. The van der Waals surface area contributed by atoms with Crippen LogP contribution in [-0.4, -0.2) is 21.1 Å². The summed E-state index contributed by atoms with van der Waals surface area (Å²) >= 11 is 0. The highest BCUT2D eigenvalue weighted by Crippen LogP contribution is 2.24. The van der Waals surface area contributed by atoms with Crippen LogP contribution in [0.5, 0.6) is 0 Å². The number of aryl methyl sites for hydroxylation is 1. The number of nitrogens with zero attached hydrogens (tertiary/aromatic N) is 2. The van der Waals surface area contributed by atoms with Crippen LogP contribution >= 0.6 is 0 Å². The summed E-state index contributed by atoms with van der Waals surface area (Å²) in [7, 11) is 0. The van der Waals surface area contributed by atoms with Gasteiger partial charge in [0.1, 0.15) is 11.6 Å². The number of ketones is 2. The number of carbonyl (C=O) groups is 2. The molecule has 108 valence electrons. The number of fused-ring (bicyclic) bond motifs is 1. The number of benzene rings is 1. The summed E-state index contributed by atoms with van der Waals surface area (Å²) in [4.78, 5) is 41.4. The first-order valence-corrected chi connectivity index (χ1v) is 6.09. The van der Waals surface area contributed by atoms with Gasteiger partial charge in [-0.15, -0.1) is 0 Å². The number of carbonyl (C=O) groups excluding carboxylic acids is 2. The lowest BCUT2D eigenvalue weighted by Gasteiger charge is -2.24. The van der Waals surface area contributed by atoms with E-state index in [-0.39, 0.29) is 11.3 Å². The van der Waals surface area contributed by atoms with Crippen LogP contribution in [0.4, 0.5) is 5.69 Å². The Morgan fingerprint density at radius 1 is 1.43 bits per heavy atom. The van der Waals surface area contributed by atoms with Gasteiger partial charge in [0, 0.05) is 17.5 Å². The molecule has 6 heteroatoms. The van der Waals surface area contributed by atoms with Crippen LogP contribution in [0.15, 0.2) is 22.9 Å². The zero-order valence-corrected chi connectivity index (χ0v) is 11.0. The number of Topliss-reactive ketones (excluding diaryl/α,β-unsaturated/α-hetero) is 2. The molecule has 2 N–H and O–H groups in total. The van der Waals surface area contributed by atoms with E-state index in [0.717, 1.165) is 0 Å². The van der Waals surface area contributed by atoms with Crippen molar-refractivity contribution >= 4 is 28.2 Å². The van der Waals surface area contributed by atoms with Crippen LogP contribution in [-0.2, 0) is 9.59 Å². The van der Waals surface area contributed by atoms with Crippen LogP contribution in [0.25, 0.3) is 10.9 Å². The lowest BCUT2D eigenvalue weighted by Crippen LogP contribution is -2.36. The second-order valence-corrected chi connectivity index (χ2v) is 4.58. The van der Waals surface area contributed by atoms with Gasteiger partial charge in [0.05, 0.1) is 27.5 Å². The maximum absolute atomic E-state index is 13.1. The van der Waals surface area contributed by atoms with Crippen LogP contribution < -0.4 is 11.3 Å². The van der Waals surface area contributed by atoms with Crippen molar-refractivity contribution in [1.29, 1.82) is 0 Å². The maximum Gasteiger partial charge on any atom is 0.264 e. The second-order valence-electron chi connectivity index (χ2n) is 4.58. The zero-order chi connectivity index (χ0) is 21.3. The highest BCUT2D eigenvalue weighted by Gasteiger charge is 2.30. The molecule has 2 aromatic rings. The quantitative estimate of drug-likeness (QED) is 0.628. The topological polar surface area (TPSA) is 95.0 Å². The van der Waals surface area contributed by atoms with Crippen molar-refractivity contribution in [3.63, 3.8) is 0 Å². The summed E-state index contributed by atoms with van der Waals surface area (Å²) in [6.07, 6.45) is -6.97. The minimum Gasteiger partial charge on any atom is -0.398 e. The van der Waals surface area contributed by atoms with Crippen molar-refractivity contribution in [2.24, 2.45) is 0 Å². The van der Waals surface area contributed by atoms with Crippen LogP contribution in [0.2, 0.25) is 0 Å². The number of rotatable bonds is 1. The molecule has 0 saturated heterocycles. The van der Waals surface area contributed by atoms with Crippen molar-refractivity contribution < 1.29 is 19.2 Å². The molecule has 3 rings (SSSR count). The van der Waals surface area contributed by atoms with Crippen LogP contribution in [0, 0.1) is 6.92 Å². The Labute approximate surface area is 130 Å². The first-order chi connectivity index (χ1) is 12.7. The fourth-order valence-electron chi connectivity index (χ4n) is 2.23. The number of aromatic nitrogens is 2. The molecule has 0 aliphatic heterocycles. The lowest BCUT2D eigenvalue weighted by atomic mass is 9.92. The molecule has 6 nitrogen and oxygen atoms in total. The molecule has 1 heterocycles. The Balaban J connectivity index is 2.44. The van der Waals surface area contributed by atoms with Gasteiger partial charge >= 0.3 is 0 Å². The molecule has 1 fully saturated rings.